The summed E-state index contributed by atoms with van der Waals surface area (Å²) < 4.78 is 2.99. The van der Waals surface area contributed by atoms with Crippen LogP contribution >= 0.6 is 12.2 Å². The number of anilines is 1. The summed E-state index contributed by atoms with van der Waals surface area (Å²) in [6.45, 7) is 6.26. The zero-order valence-electron chi connectivity index (χ0n) is 14.3. The van der Waals surface area contributed by atoms with Crippen molar-refractivity contribution in [3.63, 3.8) is 0 Å². The number of nitrogens with one attached hydrogen (secondary N) is 1. The second-order valence-corrected chi connectivity index (χ2v) is 5.73. The highest BCUT2D eigenvalue weighted by atomic mass is 32.1. The van der Waals surface area contributed by atoms with Crippen molar-refractivity contribution >= 4 is 30.2 Å². The van der Waals surface area contributed by atoms with E-state index in [0.717, 1.165) is 11.8 Å². The first kappa shape index (κ1) is 18.6. The zero-order valence-corrected chi connectivity index (χ0v) is 15.1. The average Bonchev–Trinajstić information content (AvgIpc) is 2.57. The molecule has 25 heavy (non-hydrogen) atoms. The van der Waals surface area contributed by atoms with Gasteiger partial charge in [-0.25, -0.2) is 9.79 Å². The van der Waals surface area contributed by atoms with Crippen LogP contribution in [0.5, 0.6) is 5.88 Å². The zero-order chi connectivity index (χ0) is 18.6. The Morgan fingerprint density at radius 2 is 1.84 bits per heavy atom. The minimum absolute atomic E-state index is 0.0728. The molecule has 1 aromatic heterocycles. The molecule has 0 radical (unpaired) electrons. The van der Waals surface area contributed by atoms with E-state index in [4.69, 9.17) is 12.2 Å². The van der Waals surface area contributed by atoms with Crippen LogP contribution in [0.3, 0.4) is 0 Å². The van der Waals surface area contributed by atoms with Gasteiger partial charge >= 0.3 is 6.03 Å². The minimum atomic E-state index is -0.642. The molecule has 0 spiro atoms. The van der Waals surface area contributed by atoms with Gasteiger partial charge in [0.05, 0.1) is 6.21 Å². The number of urea groups is 1. The van der Waals surface area contributed by atoms with Crippen LogP contribution in [-0.2, 0) is 13.1 Å². The van der Waals surface area contributed by atoms with E-state index >= 15 is 0 Å². The van der Waals surface area contributed by atoms with E-state index in [-0.39, 0.29) is 16.2 Å². The van der Waals surface area contributed by atoms with E-state index in [1.54, 1.807) is 26.0 Å². The Bertz CT molecular complexity index is 927. The third-order valence-corrected chi connectivity index (χ3v) is 4.12. The molecule has 0 saturated carbocycles. The van der Waals surface area contributed by atoms with Gasteiger partial charge in [-0.1, -0.05) is 17.7 Å². The molecule has 0 bridgehead atoms. The van der Waals surface area contributed by atoms with Crippen LogP contribution in [0.2, 0.25) is 0 Å². The maximum Gasteiger partial charge on any atom is 0.345 e. The maximum absolute atomic E-state index is 12.4. The molecule has 0 aliphatic carbocycles. The number of aromatic nitrogens is 2. The van der Waals surface area contributed by atoms with Gasteiger partial charge in [0.1, 0.15) is 5.56 Å². The number of carbonyl (C=O) groups is 1. The second kappa shape index (κ2) is 7.89. The molecule has 0 unspecified atom stereocenters. The SMILES string of the molecule is CCn1c(O)c(/C=N/C(=O)Nc2ccc(C)cc2)c(=O)n(CC)c1=S. The summed E-state index contributed by atoms with van der Waals surface area (Å²) in [7, 11) is 0. The molecule has 7 nitrogen and oxygen atoms in total. The van der Waals surface area contributed by atoms with Gasteiger partial charge in [-0.2, -0.15) is 0 Å². The lowest BCUT2D eigenvalue weighted by Crippen LogP contribution is -2.28. The number of aromatic hydroxyl groups is 1. The normalized spacial score (nSPS) is 11.0. The predicted octanol–water partition coefficient (Wildman–Crippen LogP) is 3.08. The van der Waals surface area contributed by atoms with Gasteiger partial charge in [0.2, 0.25) is 5.88 Å². The first-order valence-electron chi connectivity index (χ1n) is 7.87. The predicted molar refractivity (Wildman–Crippen MR) is 100 cm³/mol. The highest BCUT2D eigenvalue weighted by Gasteiger charge is 2.14. The van der Waals surface area contributed by atoms with Crippen molar-refractivity contribution in [3.05, 3.63) is 50.5 Å². The highest BCUT2D eigenvalue weighted by molar-refractivity contribution is 7.71. The van der Waals surface area contributed by atoms with Crippen LogP contribution in [0.25, 0.3) is 0 Å². The number of hydrogen-bond acceptors (Lipinski definition) is 4. The first-order valence-corrected chi connectivity index (χ1v) is 8.28. The molecule has 0 saturated heterocycles. The maximum atomic E-state index is 12.4. The van der Waals surface area contributed by atoms with E-state index < -0.39 is 11.6 Å². The van der Waals surface area contributed by atoms with Crippen LogP contribution < -0.4 is 10.9 Å². The molecule has 1 heterocycles. The highest BCUT2D eigenvalue weighted by Crippen LogP contribution is 2.13. The van der Waals surface area contributed by atoms with Crippen molar-refractivity contribution in [2.45, 2.75) is 33.9 Å². The van der Waals surface area contributed by atoms with Crippen LogP contribution in [0, 0.1) is 11.7 Å². The van der Waals surface area contributed by atoms with Gasteiger partial charge in [0.15, 0.2) is 4.77 Å². The number of amides is 2. The molecule has 0 atom stereocenters. The Balaban J connectivity index is 2.34. The van der Waals surface area contributed by atoms with Gasteiger partial charge in [-0.3, -0.25) is 13.9 Å². The third kappa shape index (κ3) is 4.03. The molecule has 8 heteroatoms. The number of hydrogen-bond donors (Lipinski definition) is 2. The number of aliphatic imine (C=N–C) groups is 1. The number of nitrogens with zero attached hydrogens (tertiary/aromatic N) is 3. The lowest BCUT2D eigenvalue weighted by Gasteiger charge is -2.13. The first-order chi connectivity index (χ1) is 11.9. The molecule has 2 aromatic rings. The van der Waals surface area contributed by atoms with Crippen LogP contribution in [-0.4, -0.2) is 26.5 Å². The van der Waals surface area contributed by atoms with Gasteiger partial charge < -0.3 is 10.4 Å². The fraction of sp³-hybridized carbons (Fsp3) is 0.294. The van der Waals surface area contributed by atoms with Crippen LogP contribution in [0.1, 0.15) is 25.0 Å². The summed E-state index contributed by atoms with van der Waals surface area (Å²) in [6, 6.07) is 6.58. The van der Waals surface area contributed by atoms with Crippen molar-refractivity contribution in [1.82, 2.24) is 9.13 Å². The summed E-state index contributed by atoms with van der Waals surface area (Å²) in [5.74, 6) is -0.297. The van der Waals surface area contributed by atoms with Gasteiger partial charge in [0, 0.05) is 18.8 Å². The van der Waals surface area contributed by atoms with Crippen molar-refractivity contribution in [3.8, 4) is 5.88 Å². The largest absolute Gasteiger partial charge is 0.494 e. The fourth-order valence-electron chi connectivity index (χ4n) is 2.30. The van der Waals surface area contributed by atoms with E-state index in [9.17, 15) is 14.7 Å². The van der Waals surface area contributed by atoms with Gasteiger partial charge in [-0.15, -0.1) is 0 Å². The number of benzene rings is 1. The minimum Gasteiger partial charge on any atom is -0.494 e. The molecule has 2 rings (SSSR count). The number of carbonyl (C=O) groups excluding carboxylic acids is 1. The van der Waals surface area contributed by atoms with Crippen molar-refractivity contribution in [2.24, 2.45) is 4.99 Å². The van der Waals surface area contributed by atoms with Gasteiger partial charge in [0.25, 0.3) is 5.56 Å². The molecule has 2 amide bonds. The van der Waals surface area contributed by atoms with Crippen molar-refractivity contribution in [2.75, 3.05) is 5.32 Å². The Hall–Kier alpha value is -2.74. The molecule has 132 valence electrons. The van der Waals surface area contributed by atoms with Crippen LogP contribution in [0.15, 0.2) is 34.1 Å². The second-order valence-electron chi connectivity index (χ2n) is 5.37. The Kier molecular flexibility index (Phi) is 5.87. The molecule has 0 aliphatic rings. The Morgan fingerprint density at radius 3 is 2.40 bits per heavy atom. The fourth-order valence-corrected chi connectivity index (χ4v) is 2.73. The lowest BCUT2D eigenvalue weighted by atomic mass is 10.2. The summed E-state index contributed by atoms with van der Waals surface area (Å²) in [5.41, 5.74) is 1.10. The lowest BCUT2D eigenvalue weighted by molar-refractivity contribution is 0.259. The van der Waals surface area contributed by atoms with Crippen molar-refractivity contribution < 1.29 is 9.90 Å². The monoisotopic (exact) mass is 360 g/mol. The van der Waals surface area contributed by atoms with E-state index in [1.807, 2.05) is 19.1 Å². The molecule has 0 aliphatic heterocycles. The molecule has 0 fully saturated rings. The molecular weight excluding hydrogens is 340 g/mol. The molecule has 1 aromatic carbocycles. The third-order valence-electron chi connectivity index (χ3n) is 3.68. The Morgan fingerprint density at radius 1 is 1.24 bits per heavy atom. The van der Waals surface area contributed by atoms with Crippen molar-refractivity contribution in [1.29, 1.82) is 0 Å². The van der Waals surface area contributed by atoms with E-state index in [2.05, 4.69) is 10.3 Å². The quantitative estimate of drug-likeness (QED) is 0.648. The summed E-state index contributed by atoms with van der Waals surface area (Å²) in [4.78, 5) is 28.1. The van der Waals surface area contributed by atoms with E-state index in [0.29, 0.717) is 18.8 Å². The molecule has 2 N–H and O–H groups in total. The standard InChI is InChI=1S/C17H20N4O3S/c1-4-20-14(22)13(15(23)21(5-2)17(20)25)10-18-16(24)19-12-8-6-11(3)7-9-12/h6-10,22H,4-5H2,1-3H3,(H,19,24)/b18-10+. The summed E-state index contributed by atoms with van der Waals surface area (Å²) >= 11 is 5.20. The number of rotatable bonds is 4. The van der Waals surface area contributed by atoms with Gasteiger partial charge in [-0.05, 0) is 45.1 Å². The topological polar surface area (TPSA) is 88.6 Å². The molecular formula is C17H20N4O3S. The summed E-state index contributed by atoms with van der Waals surface area (Å²) in [6.07, 6.45) is 1.06. The smallest absolute Gasteiger partial charge is 0.345 e. The summed E-state index contributed by atoms with van der Waals surface area (Å²) in [5, 5.41) is 12.9. The average molecular weight is 360 g/mol. The Labute approximate surface area is 150 Å². The van der Waals surface area contributed by atoms with Crippen LogP contribution in [0.4, 0.5) is 10.5 Å². The van der Waals surface area contributed by atoms with E-state index in [1.165, 1.54) is 9.13 Å². The number of aryl methyl sites for hydroxylation is 1.